The monoisotopic (exact) mass is 616 g/mol. The van der Waals surface area contributed by atoms with Crippen molar-refractivity contribution in [3.63, 3.8) is 0 Å². The molecule has 3 fully saturated rings. The molecule has 0 radical (unpaired) electrons. The number of hydrogen-bond acceptors (Lipinski definition) is 6. The van der Waals surface area contributed by atoms with Gasteiger partial charge in [0.15, 0.2) is 0 Å². The number of carbonyl (C=O) groups excluding carboxylic acids is 4. The zero-order valence-corrected chi connectivity index (χ0v) is 25.7. The van der Waals surface area contributed by atoms with Gasteiger partial charge in [-0.2, -0.15) is 0 Å². The summed E-state index contributed by atoms with van der Waals surface area (Å²) >= 11 is 6.31. The third-order valence-corrected chi connectivity index (χ3v) is 10.1. The van der Waals surface area contributed by atoms with Crippen LogP contribution in [0.4, 0.5) is 0 Å². The van der Waals surface area contributed by atoms with E-state index in [0.717, 1.165) is 73.2 Å². The number of imide groups is 1. The molecule has 230 valence electrons. The number of aromatic nitrogens is 1. The predicted molar refractivity (Wildman–Crippen MR) is 166 cm³/mol. The first-order chi connectivity index (χ1) is 21.2. The lowest BCUT2D eigenvalue weighted by Gasteiger charge is -2.34. The van der Waals surface area contributed by atoms with Gasteiger partial charge in [0.2, 0.25) is 11.8 Å². The molecule has 10 nitrogen and oxygen atoms in total. The van der Waals surface area contributed by atoms with Crippen molar-refractivity contribution in [2.75, 3.05) is 46.3 Å². The van der Waals surface area contributed by atoms with E-state index in [2.05, 4.69) is 33.2 Å². The summed E-state index contributed by atoms with van der Waals surface area (Å²) in [6, 6.07) is 11.2. The smallest absolute Gasteiger partial charge is 0.270 e. The first-order valence-electron chi connectivity index (χ1n) is 15.5. The molecule has 4 aliphatic rings. The number of nitrogens with one attached hydrogen (secondary N) is 2. The van der Waals surface area contributed by atoms with Crippen LogP contribution in [-0.4, -0.2) is 101 Å². The lowest BCUT2D eigenvalue weighted by molar-refractivity contribution is -0.136. The summed E-state index contributed by atoms with van der Waals surface area (Å²) in [5.41, 5.74) is 5.28. The van der Waals surface area contributed by atoms with Crippen LogP contribution in [0.5, 0.6) is 0 Å². The Balaban J connectivity index is 1.04. The number of benzene rings is 2. The van der Waals surface area contributed by atoms with Crippen LogP contribution in [0.2, 0.25) is 5.02 Å². The molecule has 0 bridgehead atoms. The molecule has 7 rings (SSSR count). The third-order valence-electron chi connectivity index (χ3n) is 9.86. The number of H-pyrrole nitrogens is 1. The van der Waals surface area contributed by atoms with Crippen LogP contribution in [0.3, 0.4) is 0 Å². The van der Waals surface area contributed by atoms with Crippen LogP contribution in [0.15, 0.2) is 36.4 Å². The van der Waals surface area contributed by atoms with Crippen molar-refractivity contribution in [3.05, 3.63) is 69.4 Å². The zero-order chi connectivity index (χ0) is 30.5. The molecule has 44 heavy (non-hydrogen) atoms. The van der Waals surface area contributed by atoms with E-state index in [1.165, 1.54) is 0 Å². The minimum absolute atomic E-state index is 0.0272. The normalized spacial score (nSPS) is 22.1. The van der Waals surface area contributed by atoms with Gasteiger partial charge >= 0.3 is 0 Å². The van der Waals surface area contributed by atoms with E-state index in [-0.39, 0.29) is 30.1 Å². The van der Waals surface area contributed by atoms with Crippen molar-refractivity contribution < 1.29 is 19.2 Å². The van der Waals surface area contributed by atoms with E-state index in [1.54, 1.807) is 4.90 Å². The Kier molecular flexibility index (Phi) is 7.68. The third kappa shape index (κ3) is 5.39. The van der Waals surface area contributed by atoms with Crippen LogP contribution >= 0.6 is 11.6 Å². The quantitative estimate of drug-likeness (QED) is 0.426. The fraction of sp³-hybridized carbons (Fsp3) is 0.455. The number of fused-ring (bicyclic) bond motifs is 2. The van der Waals surface area contributed by atoms with Gasteiger partial charge in [-0.15, -0.1) is 0 Å². The molecule has 4 aliphatic heterocycles. The molecule has 4 amide bonds. The molecule has 5 heterocycles. The topological polar surface area (TPSA) is 109 Å². The van der Waals surface area contributed by atoms with Gasteiger partial charge in [0, 0.05) is 85.8 Å². The number of halogens is 1. The molecule has 0 spiro atoms. The number of rotatable bonds is 5. The lowest BCUT2D eigenvalue weighted by Crippen LogP contribution is -2.52. The van der Waals surface area contributed by atoms with E-state index < -0.39 is 11.9 Å². The van der Waals surface area contributed by atoms with Gasteiger partial charge < -0.3 is 19.7 Å². The highest BCUT2D eigenvalue weighted by Gasteiger charge is 2.39. The second-order valence-corrected chi connectivity index (χ2v) is 13.1. The average Bonchev–Trinajstić information content (AvgIpc) is 3.54. The summed E-state index contributed by atoms with van der Waals surface area (Å²) in [5.74, 6) is -0.546. The number of likely N-dealkylation sites (tertiary alicyclic amines) is 1. The Labute approximate surface area is 261 Å². The van der Waals surface area contributed by atoms with Gasteiger partial charge in [-0.05, 0) is 61.6 Å². The molecule has 0 saturated carbocycles. The van der Waals surface area contributed by atoms with Crippen LogP contribution in [-0.2, 0) is 22.7 Å². The largest absolute Gasteiger partial charge is 0.350 e. The highest BCUT2D eigenvalue weighted by molar-refractivity contribution is 6.31. The molecular formula is C33H37ClN6O4. The number of hydrogen-bond donors (Lipinski definition) is 2. The van der Waals surface area contributed by atoms with Crippen molar-refractivity contribution in [2.24, 2.45) is 0 Å². The Morgan fingerprint density at radius 2 is 1.73 bits per heavy atom. The lowest BCUT2D eigenvalue weighted by atomic mass is 9.87. The van der Waals surface area contributed by atoms with E-state index in [9.17, 15) is 19.2 Å². The van der Waals surface area contributed by atoms with Crippen molar-refractivity contribution in [1.29, 1.82) is 0 Å². The summed E-state index contributed by atoms with van der Waals surface area (Å²) in [5, 5.41) is 4.05. The minimum atomic E-state index is -0.618. The van der Waals surface area contributed by atoms with Gasteiger partial charge in [0.25, 0.3) is 11.8 Å². The summed E-state index contributed by atoms with van der Waals surface area (Å²) in [4.78, 5) is 62.8. The molecule has 2 N–H and O–H groups in total. The van der Waals surface area contributed by atoms with Crippen LogP contribution in [0.1, 0.15) is 69.1 Å². The van der Waals surface area contributed by atoms with Crippen LogP contribution in [0, 0.1) is 0 Å². The number of piperazine rings is 1. The molecule has 1 aromatic heterocycles. The minimum Gasteiger partial charge on any atom is -0.350 e. The Hall–Kier alpha value is -3.73. The molecule has 1 unspecified atom stereocenters. The van der Waals surface area contributed by atoms with Gasteiger partial charge in [-0.25, -0.2) is 0 Å². The van der Waals surface area contributed by atoms with E-state index in [0.29, 0.717) is 42.3 Å². The molecular weight excluding hydrogens is 580 g/mol. The van der Waals surface area contributed by atoms with Crippen molar-refractivity contribution in [2.45, 2.75) is 50.7 Å². The molecule has 3 saturated heterocycles. The number of aromatic amines is 1. The molecule has 11 heteroatoms. The van der Waals surface area contributed by atoms with E-state index >= 15 is 0 Å². The SMILES string of the molecule is CN1CCN(Cc2c(C(=O)N3CCC(c4ccc5c(c4)CN(C4CCC(=O)NC4=O)C5=O)CC3)[nH]c3cc(Cl)ccc23)CC1. The first kappa shape index (κ1) is 29.0. The average molecular weight is 617 g/mol. The highest BCUT2D eigenvalue weighted by Crippen LogP contribution is 2.35. The highest BCUT2D eigenvalue weighted by atomic mass is 35.5. The molecule has 1 atom stereocenters. The maximum absolute atomic E-state index is 14.0. The van der Waals surface area contributed by atoms with Gasteiger partial charge in [-0.3, -0.25) is 29.4 Å². The Morgan fingerprint density at radius 1 is 0.955 bits per heavy atom. The molecule has 2 aromatic carbocycles. The zero-order valence-electron chi connectivity index (χ0n) is 24.9. The molecule has 3 aromatic rings. The van der Waals surface area contributed by atoms with E-state index in [1.807, 2.05) is 35.2 Å². The summed E-state index contributed by atoms with van der Waals surface area (Å²) in [7, 11) is 2.14. The number of amides is 4. The second kappa shape index (κ2) is 11.6. The first-order valence-corrected chi connectivity index (χ1v) is 15.9. The standard InChI is InChI=1S/C33H37ClN6O4/c1-37-12-14-38(15-13-37)19-26-25-5-3-23(34)17-27(25)35-30(26)33(44)39-10-8-20(9-11-39)21-2-4-24-22(16-21)18-40(32(24)43)28-6-7-29(41)36-31(28)42/h2-5,16-17,20,28,35H,6-15,18-19H2,1H3,(H,36,41,42). The number of carbonyl (C=O) groups is 4. The fourth-order valence-corrected chi connectivity index (χ4v) is 7.40. The fourth-order valence-electron chi connectivity index (χ4n) is 7.23. The number of piperidine rings is 2. The predicted octanol–water partition coefficient (Wildman–Crippen LogP) is 3.35. The maximum atomic E-state index is 14.0. The van der Waals surface area contributed by atoms with Crippen LogP contribution in [0.25, 0.3) is 10.9 Å². The summed E-state index contributed by atoms with van der Waals surface area (Å²) < 4.78 is 0. The number of likely N-dealkylation sites (N-methyl/N-ethyl adjacent to an activating group) is 1. The summed E-state index contributed by atoms with van der Waals surface area (Å²) in [6.45, 7) is 6.33. The van der Waals surface area contributed by atoms with Gasteiger partial charge in [-0.1, -0.05) is 29.8 Å². The Morgan fingerprint density at radius 3 is 2.48 bits per heavy atom. The van der Waals surface area contributed by atoms with Gasteiger partial charge in [0.1, 0.15) is 11.7 Å². The Bertz CT molecular complexity index is 1650. The summed E-state index contributed by atoms with van der Waals surface area (Å²) in [6.07, 6.45) is 2.25. The maximum Gasteiger partial charge on any atom is 0.270 e. The van der Waals surface area contributed by atoms with Gasteiger partial charge in [0.05, 0.1) is 0 Å². The molecule has 0 aliphatic carbocycles. The van der Waals surface area contributed by atoms with E-state index in [4.69, 9.17) is 11.6 Å². The van der Waals surface area contributed by atoms with Crippen molar-refractivity contribution >= 4 is 46.1 Å². The van der Waals surface area contributed by atoms with Crippen LogP contribution < -0.4 is 5.32 Å². The van der Waals surface area contributed by atoms with Crippen molar-refractivity contribution in [3.8, 4) is 0 Å². The van der Waals surface area contributed by atoms with Crippen molar-refractivity contribution in [1.82, 2.24) is 29.9 Å². The second-order valence-electron chi connectivity index (χ2n) is 12.6. The number of nitrogens with zero attached hydrogens (tertiary/aromatic N) is 4.